The molecule has 0 aliphatic carbocycles. The van der Waals surface area contributed by atoms with Gasteiger partial charge in [0, 0.05) is 41.6 Å². The summed E-state index contributed by atoms with van der Waals surface area (Å²) in [6, 6.07) is 4.07. The van der Waals surface area contributed by atoms with Gasteiger partial charge in [-0.25, -0.2) is 9.69 Å². The van der Waals surface area contributed by atoms with Gasteiger partial charge in [-0.2, -0.15) is 0 Å². The van der Waals surface area contributed by atoms with E-state index in [0.717, 1.165) is 18.7 Å². The molecule has 0 aromatic heterocycles. The van der Waals surface area contributed by atoms with Crippen LogP contribution in [-0.4, -0.2) is 45.9 Å². The summed E-state index contributed by atoms with van der Waals surface area (Å²) in [7, 11) is 0. The van der Waals surface area contributed by atoms with Gasteiger partial charge in [-0.3, -0.25) is 14.9 Å². The second-order valence-electron chi connectivity index (χ2n) is 8.23. The number of nitrogens with zero attached hydrogens (tertiary/aromatic N) is 2. The van der Waals surface area contributed by atoms with E-state index in [1.54, 1.807) is 20.8 Å². The van der Waals surface area contributed by atoms with Crippen molar-refractivity contribution in [3.05, 3.63) is 39.4 Å². The molecule has 11 nitrogen and oxygen atoms in total. The Hall–Kier alpha value is -2.84. The van der Waals surface area contributed by atoms with Crippen LogP contribution in [0.25, 0.3) is 0 Å². The molecular weight excluding hydrogens is 519 g/mol. The second kappa shape index (κ2) is 12.3. The molecule has 2 rings (SSSR count). The maximum absolute atomic E-state index is 12.6. The van der Waals surface area contributed by atoms with Crippen LogP contribution in [0.5, 0.6) is 0 Å². The van der Waals surface area contributed by atoms with Crippen LogP contribution >= 0.6 is 0 Å². The molecule has 2 amide bonds. The first-order chi connectivity index (χ1) is 13.9. The number of nitro benzene ring substituents is 1. The number of non-ortho nitro benzene ring substituents is 1. The van der Waals surface area contributed by atoms with Crippen molar-refractivity contribution >= 4 is 29.6 Å². The molecule has 1 heterocycles. The zero-order chi connectivity index (χ0) is 24.7. The summed E-state index contributed by atoms with van der Waals surface area (Å²) in [5.74, 6) is -2.66. The maximum atomic E-state index is 12.6. The quantitative estimate of drug-likeness (QED) is 0.281. The number of imide groups is 1. The Balaban J connectivity index is 0. The van der Waals surface area contributed by atoms with E-state index in [2.05, 4.69) is 0 Å². The van der Waals surface area contributed by atoms with Crippen molar-refractivity contribution in [3.8, 4) is 0 Å². The predicted octanol–water partition coefficient (Wildman–Crippen LogP) is 0.773. The Morgan fingerprint density at radius 3 is 1.91 bits per heavy atom. The van der Waals surface area contributed by atoms with Crippen molar-refractivity contribution in [2.24, 2.45) is 0 Å². The molecule has 32 heavy (non-hydrogen) atoms. The van der Waals surface area contributed by atoms with Crippen LogP contribution < -0.4 is 10.2 Å². The van der Waals surface area contributed by atoms with Crippen molar-refractivity contribution in [1.82, 2.24) is 4.90 Å². The summed E-state index contributed by atoms with van der Waals surface area (Å²) >= 11 is 0. The Labute approximate surface area is 199 Å². The van der Waals surface area contributed by atoms with E-state index >= 15 is 0 Å². The van der Waals surface area contributed by atoms with Crippen molar-refractivity contribution in [1.29, 1.82) is 0 Å². The second-order valence-corrected chi connectivity index (χ2v) is 8.23. The number of hydrogen-bond donors (Lipinski definition) is 0. The number of aliphatic carboxylic acids is 2. The van der Waals surface area contributed by atoms with Gasteiger partial charge >= 0.3 is 26.5 Å². The number of rotatable bonds is 1. The van der Waals surface area contributed by atoms with Crippen LogP contribution in [0.1, 0.15) is 64.4 Å². The molecule has 0 N–H and O–H groups in total. The van der Waals surface area contributed by atoms with Gasteiger partial charge in [-0.1, -0.05) is 13.8 Å². The largest absolute Gasteiger partial charge is 2.00 e. The van der Waals surface area contributed by atoms with Gasteiger partial charge in [0.05, 0.1) is 4.92 Å². The van der Waals surface area contributed by atoms with Crippen molar-refractivity contribution in [2.45, 2.75) is 59.5 Å². The third-order valence-corrected chi connectivity index (χ3v) is 3.59. The number of ether oxygens (including phenoxy) is 1. The predicted molar refractivity (Wildman–Crippen MR) is 105 cm³/mol. The minimum absolute atomic E-state index is 0. The molecule has 0 unspecified atom stereocenters. The van der Waals surface area contributed by atoms with Crippen LogP contribution in [0.4, 0.5) is 10.5 Å². The zero-order valence-electron chi connectivity index (χ0n) is 18.8. The number of carbonyl (C=O) groups is 4. The third kappa shape index (κ3) is 10.5. The summed E-state index contributed by atoms with van der Waals surface area (Å²) in [5.41, 5.74) is -0.534. The SMILES string of the molecule is CC(=O)[O-].CC(=O)[O-].CC(C)(C)OC(=O)N1CC(C)(C)c2cc([N+](=O)[O-])ccc2C1=O.[Pd+2]. The summed E-state index contributed by atoms with van der Waals surface area (Å²) in [6.07, 6.45) is -0.709. The number of hydrogen-bond acceptors (Lipinski definition) is 9. The van der Waals surface area contributed by atoms with Gasteiger partial charge in [0.15, 0.2) is 0 Å². The molecule has 1 aromatic rings. The van der Waals surface area contributed by atoms with E-state index in [4.69, 9.17) is 24.5 Å². The molecule has 0 saturated heterocycles. The number of benzene rings is 1. The Kier molecular flexibility index (Phi) is 12.0. The molecule has 180 valence electrons. The summed E-state index contributed by atoms with van der Waals surface area (Å²) in [6.45, 7) is 10.9. The number of fused-ring (bicyclic) bond motifs is 1. The van der Waals surface area contributed by atoms with E-state index in [9.17, 15) is 19.7 Å². The molecule has 12 heteroatoms. The zero-order valence-corrected chi connectivity index (χ0v) is 20.4. The monoisotopic (exact) mass is 544 g/mol. The smallest absolute Gasteiger partial charge is 0.550 e. The molecule has 0 bridgehead atoms. The van der Waals surface area contributed by atoms with Gasteiger partial charge in [0.2, 0.25) is 0 Å². The van der Waals surface area contributed by atoms with E-state index in [1.807, 2.05) is 13.8 Å². The third-order valence-electron chi connectivity index (χ3n) is 3.59. The van der Waals surface area contributed by atoms with Gasteiger partial charge in [-0.15, -0.1) is 0 Å². The minimum atomic E-state index is -1.08. The van der Waals surface area contributed by atoms with Crippen molar-refractivity contribution in [2.75, 3.05) is 6.54 Å². The maximum Gasteiger partial charge on any atom is 2.00 e. The van der Waals surface area contributed by atoms with Gasteiger partial charge < -0.3 is 24.5 Å². The molecular formula is C20H26N2O9Pd. The number of carboxylic acid groups (broad SMARTS) is 2. The van der Waals surface area contributed by atoms with E-state index < -0.39 is 39.9 Å². The van der Waals surface area contributed by atoms with E-state index in [-0.39, 0.29) is 38.2 Å². The Morgan fingerprint density at radius 2 is 1.53 bits per heavy atom. The molecule has 0 fully saturated rings. The molecule has 0 spiro atoms. The van der Waals surface area contributed by atoms with Crippen LogP contribution in [0.2, 0.25) is 0 Å². The number of amides is 2. The fourth-order valence-electron chi connectivity index (χ4n) is 2.55. The van der Waals surface area contributed by atoms with E-state index in [0.29, 0.717) is 5.56 Å². The first kappa shape index (κ1) is 31.3. The Morgan fingerprint density at radius 1 is 1.09 bits per heavy atom. The molecule has 0 saturated carbocycles. The van der Waals surface area contributed by atoms with Crippen LogP contribution in [0, 0.1) is 10.1 Å². The summed E-state index contributed by atoms with van der Waals surface area (Å²) in [5, 5.41) is 28.7. The minimum Gasteiger partial charge on any atom is -0.550 e. The van der Waals surface area contributed by atoms with Crippen LogP contribution in [0.15, 0.2) is 18.2 Å². The van der Waals surface area contributed by atoms with Gasteiger partial charge in [-0.05, 0) is 46.2 Å². The van der Waals surface area contributed by atoms with E-state index in [1.165, 1.54) is 18.2 Å². The van der Waals surface area contributed by atoms with Gasteiger partial charge in [0.25, 0.3) is 11.6 Å². The molecule has 1 aromatic carbocycles. The summed E-state index contributed by atoms with van der Waals surface area (Å²) in [4.78, 5) is 54.1. The normalized spacial score (nSPS) is 13.6. The molecule has 1 aliphatic rings. The average Bonchev–Trinajstić information content (AvgIpc) is 2.55. The van der Waals surface area contributed by atoms with Crippen molar-refractivity contribution < 1.29 is 59.5 Å². The van der Waals surface area contributed by atoms with Crippen LogP contribution in [0.3, 0.4) is 0 Å². The topological polar surface area (TPSA) is 170 Å². The molecule has 0 atom stereocenters. The van der Waals surface area contributed by atoms with Crippen molar-refractivity contribution in [3.63, 3.8) is 0 Å². The summed E-state index contributed by atoms with van der Waals surface area (Å²) < 4.78 is 5.28. The number of carbonyl (C=O) groups excluding carboxylic acids is 4. The number of carboxylic acids is 2. The standard InChI is InChI=1S/C16H20N2O5.2C2H4O2.Pd/c1-15(2,3)23-14(20)17-9-16(4,5)12-8-10(18(21)22)6-7-11(12)13(17)19;2*1-2(3)4;/h6-8H,9H2,1-5H3;2*1H3,(H,3,4);/q;;;+2/p-2. The average molecular weight is 545 g/mol. The van der Waals surface area contributed by atoms with Crippen LogP contribution in [-0.2, 0) is 40.2 Å². The number of nitro groups is 1. The fourth-order valence-corrected chi connectivity index (χ4v) is 2.55. The first-order valence-corrected chi connectivity index (χ1v) is 9.08. The first-order valence-electron chi connectivity index (χ1n) is 9.08. The molecule has 1 aliphatic heterocycles. The fraction of sp³-hybridized carbons (Fsp3) is 0.500. The molecule has 0 radical (unpaired) electrons. The van der Waals surface area contributed by atoms with Gasteiger partial charge in [0.1, 0.15) is 5.60 Å². The Bertz CT molecular complexity index is 856.